The van der Waals surface area contributed by atoms with Crippen molar-refractivity contribution in [2.75, 3.05) is 37.6 Å². The molecule has 6 heteroatoms. The van der Waals surface area contributed by atoms with Crippen LogP contribution in [0.15, 0.2) is 54.7 Å². The highest BCUT2D eigenvalue weighted by Gasteiger charge is 2.31. The van der Waals surface area contributed by atoms with Crippen LogP contribution >= 0.6 is 0 Å². The average Bonchev–Trinajstić information content (AvgIpc) is 2.89. The number of pyridine rings is 1. The molecule has 0 bridgehead atoms. The zero-order chi connectivity index (χ0) is 24.2. The molecule has 0 radical (unpaired) electrons. The van der Waals surface area contributed by atoms with Crippen LogP contribution in [0.4, 0.5) is 5.69 Å². The Morgan fingerprint density at radius 3 is 2.66 bits per heavy atom. The number of fused-ring (bicyclic) bond motifs is 1. The van der Waals surface area contributed by atoms with E-state index in [0.717, 1.165) is 79.7 Å². The Balaban J connectivity index is 1.06. The molecule has 1 aliphatic carbocycles. The smallest absolute Gasteiger partial charge is 0.252 e. The number of aryl methyl sites for hydroxylation is 1. The van der Waals surface area contributed by atoms with E-state index in [2.05, 4.69) is 51.3 Å². The van der Waals surface area contributed by atoms with E-state index in [0.29, 0.717) is 11.5 Å². The Kier molecular flexibility index (Phi) is 6.96. The summed E-state index contributed by atoms with van der Waals surface area (Å²) in [6.45, 7) is 7.20. The van der Waals surface area contributed by atoms with Crippen molar-refractivity contribution in [3.63, 3.8) is 0 Å². The fraction of sp³-hybridized carbons (Fsp3) is 0.414. The van der Waals surface area contributed by atoms with Crippen molar-refractivity contribution in [1.29, 1.82) is 5.26 Å². The number of benzene rings is 2. The molecule has 1 saturated heterocycles. The lowest BCUT2D eigenvalue weighted by Gasteiger charge is -2.40. The Morgan fingerprint density at radius 1 is 1.09 bits per heavy atom. The first-order chi connectivity index (χ1) is 17.2. The van der Waals surface area contributed by atoms with Crippen LogP contribution in [0.5, 0.6) is 0 Å². The topological polar surface area (TPSA) is 72.3 Å². The first-order valence-electron chi connectivity index (χ1n) is 12.8. The summed E-state index contributed by atoms with van der Waals surface area (Å²) >= 11 is 0. The largest absolute Gasteiger partial charge is 0.368 e. The Bertz CT molecular complexity index is 1230. The molecular weight excluding hydrogens is 434 g/mol. The van der Waals surface area contributed by atoms with E-state index in [-0.39, 0.29) is 11.9 Å². The zero-order valence-electron chi connectivity index (χ0n) is 20.4. The average molecular weight is 468 g/mol. The number of hydrogen-bond donors (Lipinski definition) is 1. The summed E-state index contributed by atoms with van der Waals surface area (Å²) in [5, 5.41) is 13.8. The number of nitrogens with zero attached hydrogens (tertiary/aromatic N) is 4. The summed E-state index contributed by atoms with van der Waals surface area (Å²) in [7, 11) is 0. The predicted octanol–water partition coefficient (Wildman–Crippen LogP) is 4.39. The van der Waals surface area contributed by atoms with Crippen molar-refractivity contribution in [1.82, 2.24) is 15.2 Å². The van der Waals surface area contributed by atoms with Gasteiger partial charge in [-0.1, -0.05) is 31.2 Å². The van der Waals surface area contributed by atoms with Crippen molar-refractivity contribution in [3.05, 3.63) is 71.4 Å². The van der Waals surface area contributed by atoms with Crippen LogP contribution in [0.25, 0.3) is 10.9 Å². The highest BCUT2D eigenvalue weighted by atomic mass is 16.1. The Labute approximate surface area is 207 Å². The van der Waals surface area contributed by atoms with E-state index in [1.165, 1.54) is 6.42 Å². The van der Waals surface area contributed by atoms with E-state index in [4.69, 9.17) is 0 Å². The molecule has 1 amide bonds. The SMILES string of the molecule is CCc1cccc(N2CCN(CCC3CC(NC(=O)c4cccc5ncccc45)C3)CC2)c1C#N. The van der Waals surface area contributed by atoms with Crippen LogP contribution in [-0.2, 0) is 6.42 Å². The zero-order valence-corrected chi connectivity index (χ0v) is 20.4. The molecule has 2 heterocycles. The standard InChI is InChI=1S/C29H33N5O/c1-2-22-6-3-10-28(26(22)20-30)34-16-14-33(15-17-34)13-11-21-18-23(19-21)32-29(35)25-7-4-9-27-24(25)8-5-12-31-27/h3-10,12,21,23H,2,11,13-19H2,1H3,(H,32,35). The molecule has 0 unspecified atom stereocenters. The van der Waals surface area contributed by atoms with Gasteiger partial charge in [0, 0.05) is 49.4 Å². The van der Waals surface area contributed by atoms with Crippen molar-refractivity contribution in [3.8, 4) is 6.07 Å². The number of carbonyl (C=O) groups excluding carboxylic acids is 1. The molecule has 1 aromatic heterocycles. The second-order valence-corrected chi connectivity index (χ2v) is 9.78. The van der Waals surface area contributed by atoms with Gasteiger partial charge in [-0.05, 0) is 68.0 Å². The van der Waals surface area contributed by atoms with Crippen LogP contribution < -0.4 is 10.2 Å². The lowest BCUT2D eigenvalue weighted by Crippen LogP contribution is -2.48. The van der Waals surface area contributed by atoms with E-state index in [9.17, 15) is 10.1 Å². The van der Waals surface area contributed by atoms with Gasteiger partial charge in [-0.15, -0.1) is 0 Å². The third-order valence-electron chi connectivity index (χ3n) is 7.65. The van der Waals surface area contributed by atoms with Crippen LogP contribution in [0, 0.1) is 17.2 Å². The normalized spacial score (nSPS) is 20.3. The molecule has 1 N–H and O–H groups in total. The summed E-state index contributed by atoms with van der Waals surface area (Å²) in [5.74, 6) is 0.686. The summed E-state index contributed by atoms with van der Waals surface area (Å²) in [6, 6.07) is 18.5. The number of nitriles is 1. The van der Waals surface area contributed by atoms with Gasteiger partial charge in [0.2, 0.25) is 0 Å². The van der Waals surface area contributed by atoms with Crippen molar-refractivity contribution in [2.45, 2.75) is 38.6 Å². The molecule has 2 fully saturated rings. The van der Waals surface area contributed by atoms with Crippen LogP contribution in [0.3, 0.4) is 0 Å². The third-order valence-corrected chi connectivity index (χ3v) is 7.65. The van der Waals surface area contributed by atoms with Gasteiger partial charge in [0.25, 0.3) is 5.91 Å². The quantitative estimate of drug-likeness (QED) is 0.558. The number of rotatable bonds is 7. The van der Waals surface area contributed by atoms with Crippen molar-refractivity contribution in [2.24, 2.45) is 5.92 Å². The molecule has 180 valence electrons. The minimum atomic E-state index is 0.00653. The van der Waals surface area contributed by atoms with Gasteiger partial charge in [0.05, 0.1) is 16.8 Å². The summed E-state index contributed by atoms with van der Waals surface area (Å²) in [5.41, 5.74) is 4.63. The second-order valence-electron chi connectivity index (χ2n) is 9.78. The Hall–Kier alpha value is -3.43. The molecule has 0 spiro atoms. The predicted molar refractivity (Wildman–Crippen MR) is 140 cm³/mol. The minimum Gasteiger partial charge on any atom is -0.368 e. The summed E-state index contributed by atoms with van der Waals surface area (Å²) in [4.78, 5) is 22.1. The van der Waals surface area contributed by atoms with Gasteiger partial charge in [-0.2, -0.15) is 5.26 Å². The van der Waals surface area contributed by atoms with E-state index >= 15 is 0 Å². The molecule has 2 aliphatic rings. The van der Waals surface area contributed by atoms with Gasteiger partial charge < -0.3 is 10.2 Å². The highest BCUT2D eigenvalue weighted by Crippen LogP contribution is 2.31. The fourth-order valence-electron chi connectivity index (χ4n) is 5.51. The summed E-state index contributed by atoms with van der Waals surface area (Å²) in [6.07, 6.45) is 5.94. The maximum atomic E-state index is 12.8. The molecular formula is C29H33N5O. The number of amides is 1. The maximum absolute atomic E-state index is 12.8. The molecule has 6 nitrogen and oxygen atoms in total. The lowest BCUT2D eigenvalue weighted by molar-refractivity contribution is 0.0879. The van der Waals surface area contributed by atoms with E-state index in [1.807, 2.05) is 30.3 Å². The van der Waals surface area contributed by atoms with Gasteiger partial charge in [0.1, 0.15) is 6.07 Å². The first-order valence-corrected chi connectivity index (χ1v) is 12.8. The number of piperazine rings is 1. The number of aromatic nitrogens is 1. The molecule has 1 saturated carbocycles. The highest BCUT2D eigenvalue weighted by molar-refractivity contribution is 6.06. The molecule has 0 atom stereocenters. The molecule has 5 rings (SSSR count). The maximum Gasteiger partial charge on any atom is 0.252 e. The van der Waals surface area contributed by atoms with Crippen molar-refractivity contribution >= 4 is 22.5 Å². The van der Waals surface area contributed by atoms with E-state index in [1.54, 1.807) is 6.20 Å². The molecule has 2 aromatic carbocycles. The first kappa shape index (κ1) is 23.3. The van der Waals surface area contributed by atoms with Gasteiger partial charge in [-0.25, -0.2) is 0 Å². The monoisotopic (exact) mass is 467 g/mol. The van der Waals surface area contributed by atoms with Crippen LogP contribution in [0.2, 0.25) is 0 Å². The van der Waals surface area contributed by atoms with Crippen molar-refractivity contribution < 1.29 is 4.79 Å². The Morgan fingerprint density at radius 2 is 1.89 bits per heavy atom. The van der Waals surface area contributed by atoms with Gasteiger partial charge in [0.15, 0.2) is 0 Å². The molecule has 1 aliphatic heterocycles. The number of anilines is 1. The summed E-state index contributed by atoms with van der Waals surface area (Å²) < 4.78 is 0. The third kappa shape index (κ3) is 5.01. The van der Waals surface area contributed by atoms with E-state index < -0.39 is 0 Å². The number of hydrogen-bond acceptors (Lipinski definition) is 5. The molecule has 3 aromatic rings. The minimum absolute atomic E-state index is 0.00653. The van der Waals surface area contributed by atoms with Gasteiger partial charge >= 0.3 is 0 Å². The number of carbonyl (C=O) groups is 1. The van der Waals surface area contributed by atoms with Crippen LogP contribution in [-0.4, -0.2) is 54.6 Å². The lowest BCUT2D eigenvalue weighted by atomic mass is 9.78. The van der Waals surface area contributed by atoms with Gasteiger partial charge in [-0.3, -0.25) is 14.7 Å². The van der Waals surface area contributed by atoms with Crippen LogP contribution in [0.1, 0.15) is 47.7 Å². The second kappa shape index (κ2) is 10.5. The number of nitrogens with one attached hydrogen (secondary N) is 1. The molecule has 35 heavy (non-hydrogen) atoms. The fourth-order valence-corrected chi connectivity index (χ4v) is 5.51.